The molecule has 0 saturated heterocycles. The summed E-state index contributed by atoms with van der Waals surface area (Å²) in [6.07, 6.45) is 2.10. The van der Waals surface area contributed by atoms with Gasteiger partial charge < -0.3 is 14.8 Å². The van der Waals surface area contributed by atoms with Crippen LogP contribution in [-0.2, 0) is 31.9 Å². The number of Topliss-reactive ketones (excluding diaryl/α,β-unsaturated/α-hetero) is 1. The van der Waals surface area contributed by atoms with Crippen molar-refractivity contribution in [3.63, 3.8) is 0 Å². The molecule has 3 aromatic rings. The van der Waals surface area contributed by atoms with Gasteiger partial charge >= 0.3 is 11.9 Å². The van der Waals surface area contributed by atoms with Crippen LogP contribution in [0.5, 0.6) is 0 Å². The van der Waals surface area contributed by atoms with E-state index in [4.69, 9.17) is 9.47 Å². The number of fused-ring (bicyclic) bond motifs is 1. The van der Waals surface area contributed by atoms with E-state index in [1.807, 2.05) is 37.3 Å². The van der Waals surface area contributed by atoms with E-state index in [0.29, 0.717) is 22.0 Å². The molecule has 4 rings (SSSR count). The number of rotatable bonds is 10. The summed E-state index contributed by atoms with van der Waals surface area (Å²) < 4.78 is 10.4. The van der Waals surface area contributed by atoms with Crippen LogP contribution in [0.4, 0.5) is 5.00 Å². The lowest BCUT2D eigenvalue weighted by Gasteiger charge is -2.23. The number of amides is 1. The van der Waals surface area contributed by atoms with Crippen molar-refractivity contribution in [2.75, 3.05) is 18.5 Å². The Kier molecular flexibility index (Phi) is 9.07. The number of ketones is 1. The Morgan fingerprint density at radius 1 is 0.974 bits per heavy atom. The summed E-state index contributed by atoms with van der Waals surface area (Å²) in [6.45, 7) is 3.52. The van der Waals surface area contributed by atoms with Crippen LogP contribution in [0.1, 0.15) is 74.4 Å². The molecule has 38 heavy (non-hydrogen) atoms. The lowest BCUT2D eigenvalue weighted by molar-refractivity contribution is -0.143. The molecule has 1 heterocycles. The van der Waals surface area contributed by atoms with Crippen LogP contribution >= 0.6 is 11.3 Å². The molecule has 1 amide bonds. The molecule has 8 heteroatoms. The third-order valence-corrected chi connectivity index (χ3v) is 7.73. The standard InChI is InChI=1S/C30H31NO6S/c1-3-36-30(35)28-23-14-13-22(20-7-5-4-6-8-20)17-25(23)38-29(28)31-26(33)15-16-27(34)37-18-24(32)21-11-9-19(2)10-12-21/h4-12,22H,3,13-18H2,1-2H3,(H,31,33). The van der Waals surface area contributed by atoms with Crippen molar-refractivity contribution in [2.24, 2.45) is 0 Å². The Hall–Kier alpha value is -3.78. The molecule has 0 spiro atoms. The highest BCUT2D eigenvalue weighted by molar-refractivity contribution is 7.17. The second kappa shape index (κ2) is 12.6. The summed E-state index contributed by atoms with van der Waals surface area (Å²) >= 11 is 1.40. The first-order valence-corrected chi connectivity index (χ1v) is 13.6. The molecule has 198 valence electrons. The van der Waals surface area contributed by atoms with Gasteiger partial charge in [-0.2, -0.15) is 0 Å². The van der Waals surface area contributed by atoms with Crippen molar-refractivity contribution in [1.82, 2.24) is 0 Å². The number of ether oxygens (including phenoxy) is 2. The van der Waals surface area contributed by atoms with Gasteiger partial charge in [0.25, 0.3) is 0 Å². The molecule has 1 aliphatic rings. The van der Waals surface area contributed by atoms with E-state index in [2.05, 4.69) is 17.4 Å². The maximum Gasteiger partial charge on any atom is 0.341 e. The van der Waals surface area contributed by atoms with Crippen molar-refractivity contribution in [3.05, 3.63) is 87.3 Å². The minimum absolute atomic E-state index is 0.130. The van der Waals surface area contributed by atoms with Crippen molar-refractivity contribution >= 4 is 40.0 Å². The molecule has 0 saturated carbocycles. The number of benzene rings is 2. The topological polar surface area (TPSA) is 98.8 Å². The number of esters is 2. The minimum Gasteiger partial charge on any atom is -0.462 e. The number of nitrogens with one attached hydrogen (secondary N) is 1. The number of hydrogen-bond acceptors (Lipinski definition) is 7. The quantitative estimate of drug-likeness (QED) is 0.267. The predicted molar refractivity (Wildman–Crippen MR) is 146 cm³/mol. The van der Waals surface area contributed by atoms with Crippen molar-refractivity contribution in [2.45, 2.75) is 51.9 Å². The van der Waals surface area contributed by atoms with E-state index in [1.54, 1.807) is 19.1 Å². The molecule has 2 aromatic carbocycles. The van der Waals surface area contributed by atoms with E-state index in [-0.39, 0.29) is 31.8 Å². The summed E-state index contributed by atoms with van der Waals surface area (Å²) in [5, 5.41) is 3.27. The van der Waals surface area contributed by atoms with Crippen molar-refractivity contribution in [1.29, 1.82) is 0 Å². The highest BCUT2D eigenvalue weighted by atomic mass is 32.1. The number of anilines is 1. The van der Waals surface area contributed by atoms with Crippen LogP contribution in [0.2, 0.25) is 0 Å². The lowest BCUT2D eigenvalue weighted by Crippen LogP contribution is -2.19. The van der Waals surface area contributed by atoms with Crippen LogP contribution in [0, 0.1) is 6.92 Å². The molecule has 1 atom stereocenters. The van der Waals surface area contributed by atoms with E-state index < -0.39 is 17.8 Å². The van der Waals surface area contributed by atoms with Gasteiger partial charge in [0.05, 0.1) is 18.6 Å². The molecular weight excluding hydrogens is 502 g/mol. The normalized spacial score (nSPS) is 14.3. The van der Waals surface area contributed by atoms with E-state index in [9.17, 15) is 19.2 Å². The van der Waals surface area contributed by atoms with E-state index in [1.165, 1.54) is 16.9 Å². The van der Waals surface area contributed by atoms with Gasteiger partial charge in [-0.15, -0.1) is 11.3 Å². The van der Waals surface area contributed by atoms with Gasteiger partial charge in [0.1, 0.15) is 5.00 Å². The fraction of sp³-hybridized carbons (Fsp3) is 0.333. The zero-order chi connectivity index (χ0) is 27.1. The number of hydrogen-bond donors (Lipinski definition) is 1. The molecule has 7 nitrogen and oxygen atoms in total. The first-order valence-electron chi connectivity index (χ1n) is 12.8. The third-order valence-electron chi connectivity index (χ3n) is 6.56. The first-order chi connectivity index (χ1) is 18.4. The Bertz CT molecular complexity index is 1310. The highest BCUT2D eigenvalue weighted by Gasteiger charge is 2.31. The summed E-state index contributed by atoms with van der Waals surface area (Å²) in [7, 11) is 0. The molecule has 1 N–H and O–H groups in total. The molecule has 0 fully saturated rings. The van der Waals surface area contributed by atoms with Gasteiger partial charge in [-0.05, 0) is 50.2 Å². The van der Waals surface area contributed by atoms with Crippen LogP contribution in [0.15, 0.2) is 54.6 Å². The molecule has 1 aromatic heterocycles. The average Bonchev–Trinajstić information content (AvgIpc) is 3.28. The van der Waals surface area contributed by atoms with Crippen LogP contribution in [-0.4, -0.2) is 36.8 Å². The summed E-state index contributed by atoms with van der Waals surface area (Å²) in [4.78, 5) is 50.9. The SMILES string of the molecule is CCOC(=O)c1c(NC(=O)CCC(=O)OCC(=O)c2ccc(C)cc2)sc2c1CCC(c1ccccc1)C2. The van der Waals surface area contributed by atoms with Gasteiger partial charge in [-0.25, -0.2) is 4.79 Å². The van der Waals surface area contributed by atoms with Gasteiger partial charge in [0, 0.05) is 16.9 Å². The number of carbonyl (C=O) groups is 4. The first kappa shape index (κ1) is 27.3. The monoisotopic (exact) mass is 533 g/mol. The molecule has 1 unspecified atom stereocenters. The molecule has 0 radical (unpaired) electrons. The number of carbonyl (C=O) groups excluding carboxylic acids is 4. The second-order valence-electron chi connectivity index (χ2n) is 9.28. The summed E-state index contributed by atoms with van der Waals surface area (Å²) in [5.74, 6) is -1.45. The fourth-order valence-electron chi connectivity index (χ4n) is 4.55. The van der Waals surface area contributed by atoms with Crippen molar-refractivity contribution < 1.29 is 28.7 Å². The lowest BCUT2D eigenvalue weighted by atomic mass is 9.83. The molecule has 1 aliphatic carbocycles. The largest absolute Gasteiger partial charge is 0.462 e. The summed E-state index contributed by atoms with van der Waals surface area (Å²) in [6, 6.07) is 17.3. The Balaban J connectivity index is 1.36. The van der Waals surface area contributed by atoms with Crippen LogP contribution in [0.25, 0.3) is 0 Å². The van der Waals surface area contributed by atoms with E-state index in [0.717, 1.165) is 35.3 Å². The zero-order valence-electron chi connectivity index (χ0n) is 21.6. The van der Waals surface area contributed by atoms with E-state index >= 15 is 0 Å². The smallest absolute Gasteiger partial charge is 0.341 e. The van der Waals surface area contributed by atoms with Gasteiger partial charge in [-0.3, -0.25) is 14.4 Å². The van der Waals surface area contributed by atoms with Crippen molar-refractivity contribution in [3.8, 4) is 0 Å². The number of thiophene rings is 1. The maximum atomic E-state index is 12.8. The molecule has 0 aliphatic heterocycles. The average molecular weight is 534 g/mol. The zero-order valence-corrected chi connectivity index (χ0v) is 22.4. The Morgan fingerprint density at radius 2 is 1.71 bits per heavy atom. The fourth-order valence-corrected chi connectivity index (χ4v) is 5.88. The summed E-state index contributed by atoms with van der Waals surface area (Å²) in [5.41, 5.74) is 4.10. The number of aryl methyl sites for hydroxylation is 1. The minimum atomic E-state index is -0.637. The maximum absolute atomic E-state index is 12.8. The van der Waals surface area contributed by atoms with Gasteiger partial charge in [0.2, 0.25) is 5.91 Å². The van der Waals surface area contributed by atoms with Gasteiger partial charge in [-0.1, -0.05) is 60.2 Å². The molecule has 0 bridgehead atoms. The molecular formula is C30H31NO6S. The second-order valence-corrected chi connectivity index (χ2v) is 10.4. The van der Waals surface area contributed by atoms with Gasteiger partial charge in [0.15, 0.2) is 12.4 Å². The predicted octanol–water partition coefficient (Wildman–Crippen LogP) is 5.65. The highest BCUT2D eigenvalue weighted by Crippen LogP contribution is 2.42. The Morgan fingerprint density at radius 3 is 2.42 bits per heavy atom. The third kappa shape index (κ3) is 6.75. The van der Waals surface area contributed by atoms with Crippen LogP contribution in [0.3, 0.4) is 0 Å². The Labute approximate surface area is 226 Å². The van der Waals surface area contributed by atoms with Crippen LogP contribution < -0.4 is 5.32 Å².